The van der Waals surface area contributed by atoms with Crippen LogP contribution in [0.1, 0.15) is 30.4 Å². The molecule has 0 aliphatic heterocycles. The molecule has 19 heavy (non-hydrogen) atoms. The maximum Gasteiger partial charge on any atom is 0.145 e. The summed E-state index contributed by atoms with van der Waals surface area (Å²) in [4.78, 5) is 22.3. The molecular formula is C15H14N2O2. The molecule has 0 spiro atoms. The highest BCUT2D eigenvalue weighted by Gasteiger charge is 2.21. The molecule has 1 aliphatic rings. The van der Waals surface area contributed by atoms with Crippen LogP contribution in [0.15, 0.2) is 34.6 Å². The first-order valence-electron chi connectivity index (χ1n) is 6.60. The monoisotopic (exact) mass is 254 g/mol. The van der Waals surface area contributed by atoms with Crippen molar-refractivity contribution in [3.05, 3.63) is 45.2 Å². The fourth-order valence-corrected chi connectivity index (χ4v) is 3.05. The van der Waals surface area contributed by atoms with Crippen LogP contribution >= 0.6 is 0 Å². The molecule has 0 N–H and O–H groups in total. The Kier molecular flexibility index (Phi) is 3.07. The second kappa shape index (κ2) is 4.88. The van der Waals surface area contributed by atoms with Gasteiger partial charge in [0.15, 0.2) is 0 Å². The van der Waals surface area contributed by atoms with Crippen LogP contribution < -0.4 is 0 Å². The Hall–Kier alpha value is -2.10. The molecule has 0 aromatic heterocycles. The van der Waals surface area contributed by atoms with Crippen LogP contribution in [-0.4, -0.2) is 0 Å². The SMILES string of the molecule is O=Nc1c2c(c3ccccc3c1N=O)CCCCC2. The van der Waals surface area contributed by atoms with Gasteiger partial charge in [-0.05, 0) is 52.6 Å². The van der Waals surface area contributed by atoms with Crippen molar-refractivity contribution in [3.63, 3.8) is 0 Å². The molecule has 0 saturated heterocycles. The third-order valence-corrected chi connectivity index (χ3v) is 3.92. The van der Waals surface area contributed by atoms with Crippen LogP contribution in [0.5, 0.6) is 0 Å². The van der Waals surface area contributed by atoms with E-state index in [4.69, 9.17) is 0 Å². The van der Waals surface area contributed by atoms with Crippen LogP contribution in [0.3, 0.4) is 0 Å². The smallest absolute Gasteiger partial charge is 0.145 e. The van der Waals surface area contributed by atoms with Gasteiger partial charge in [0.05, 0.1) is 0 Å². The quantitative estimate of drug-likeness (QED) is 0.565. The molecule has 0 atom stereocenters. The molecule has 0 saturated carbocycles. The van der Waals surface area contributed by atoms with Crippen LogP contribution in [0, 0.1) is 9.81 Å². The van der Waals surface area contributed by atoms with E-state index >= 15 is 0 Å². The summed E-state index contributed by atoms with van der Waals surface area (Å²) >= 11 is 0. The predicted octanol–water partition coefficient (Wildman–Crippen LogP) is 4.90. The lowest BCUT2D eigenvalue weighted by atomic mass is 9.92. The van der Waals surface area contributed by atoms with Crippen LogP contribution in [0.4, 0.5) is 11.4 Å². The normalized spacial score (nSPS) is 14.7. The molecule has 0 fully saturated rings. The van der Waals surface area contributed by atoms with Gasteiger partial charge in [-0.25, -0.2) is 0 Å². The Morgan fingerprint density at radius 3 is 2.05 bits per heavy atom. The van der Waals surface area contributed by atoms with Gasteiger partial charge >= 0.3 is 0 Å². The molecule has 3 rings (SSSR count). The molecule has 0 heterocycles. The standard InChI is InChI=1S/C15H14N2O2/c18-16-14-12-8-3-1-2-6-10(12)11-7-4-5-9-13(11)15(14)17-19/h4-5,7,9H,1-3,6,8H2. The zero-order valence-corrected chi connectivity index (χ0v) is 10.6. The number of hydrogen-bond acceptors (Lipinski definition) is 4. The van der Waals surface area contributed by atoms with Crippen molar-refractivity contribution < 1.29 is 0 Å². The van der Waals surface area contributed by atoms with Gasteiger partial charge in [0.2, 0.25) is 0 Å². The summed E-state index contributed by atoms with van der Waals surface area (Å²) in [6, 6.07) is 7.65. The Balaban J connectivity index is 2.46. The summed E-state index contributed by atoms with van der Waals surface area (Å²) in [6.07, 6.45) is 5.04. The van der Waals surface area contributed by atoms with Gasteiger partial charge in [0.1, 0.15) is 11.4 Å². The van der Waals surface area contributed by atoms with Gasteiger partial charge in [-0.3, -0.25) is 0 Å². The summed E-state index contributed by atoms with van der Waals surface area (Å²) in [5, 5.41) is 7.95. The third-order valence-electron chi connectivity index (χ3n) is 3.92. The van der Waals surface area contributed by atoms with Gasteiger partial charge in [-0.15, -0.1) is 9.81 Å². The van der Waals surface area contributed by atoms with E-state index in [1.54, 1.807) is 0 Å². The van der Waals surface area contributed by atoms with E-state index in [0.29, 0.717) is 0 Å². The zero-order chi connectivity index (χ0) is 13.2. The number of nitrogens with zero attached hydrogens (tertiary/aromatic N) is 2. The molecule has 0 unspecified atom stereocenters. The van der Waals surface area contributed by atoms with Gasteiger partial charge < -0.3 is 0 Å². The van der Waals surface area contributed by atoms with Crippen LogP contribution in [0.2, 0.25) is 0 Å². The topological polar surface area (TPSA) is 58.9 Å². The van der Waals surface area contributed by atoms with Crippen molar-refractivity contribution in [1.29, 1.82) is 0 Å². The fraction of sp³-hybridized carbons (Fsp3) is 0.333. The second-order valence-corrected chi connectivity index (χ2v) is 4.94. The Morgan fingerprint density at radius 1 is 0.737 bits per heavy atom. The summed E-state index contributed by atoms with van der Waals surface area (Å²) in [6.45, 7) is 0. The van der Waals surface area contributed by atoms with Gasteiger partial charge in [-0.1, -0.05) is 30.7 Å². The van der Waals surface area contributed by atoms with Crippen molar-refractivity contribution >= 4 is 22.1 Å². The van der Waals surface area contributed by atoms with E-state index in [1.807, 2.05) is 24.3 Å². The summed E-state index contributed by atoms with van der Waals surface area (Å²) < 4.78 is 0. The Bertz CT molecular complexity index is 665. The highest BCUT2D eigenvalue weighted by atomic mass is 16.3. The van der Waals surface area contributed by atoms with E-state index < -0.39 is 0 Å². The van der Waals surface area contributed by atoms with Crippen molar-refractivity contribution in [1.82, 2.24) is 0 Å². The van der Waals surface area contributed by atoms with Gasteiger partial charge in [0, 0.05) is 5.39 Å². The molecule has 0 bridgehead atoms. The third kappa shape index (κ3) is 1.84. The van der Waals surface area contributed by atoms with Gasteiger partial charge in [-0.2, -0.15) is 0 Å². The summed E-state index contributed by atoms with van der Waals surface area (Å²) in [7, 11) is 0. The minimum atomic E-state index is 0.200. The highest BCUT2D eigenvalue weighted by molar-refractivity contribution is 6.01. The lowest BCUT2D eigenvalue weighted by molar-refractivity contribution is 0.712. The van der Waals surface area contributed by atoms with Gasteiger partial charge in [0.25, 0.3) is 0 Å². The molecule has 96 valence electrons. The number of rotatable bonds is 2. The van der Waals surface area contributed by atoms with E-state index in [1.165, 1.54) is 5.56 Å². The van der Waals surface area contributed by atoms with E-state index in [9.17, 15) is 9.81 Å². The molecule has 4 heteroatoms. The molecule has 2 aromatic rings. The number of aryl methyl sites for hydroxylation is 1. The van der Waals surface area contributed by atoms with Crippen molar-refractivity contribution in [2.45, 2.75) is 32.1 Å². The van der Waals surface area contributed by atoms with Crippen molar-refractivity contribution in [2.24, 2.45) is 10.4 Å². The first kappa shape index (κ1) is 12.0. The summed E-state index contributed by atoms with van der Waals surface area (Å²) in [5.41, 5.74) is 2.56. The molecule has 1 aliphatic carbocycles. The number of hydrogen-bond donors (Lipinski definition) is 0. The summed E-state index contributed by atoms with van der Waals surface area (Å²) in [5.74, 6) is 0. The average molecular weight is 254 g/mol. The second-order valence-electron chi connectivity index (χ2n) is 4.94. The lowest BCUT2D eigenvalue weighted by Crippen LogP contribution is -1.94. The number of nitroso groups, excluding NO2 is 2. The number of fused-ring (bicyclic) bond motifs is 3. The largest absolute Gasteiger partial charge is 0.145 e. The Morgan fingerprint density at radius 2 is 1.37 bits per heavy atom. The molecule has 2 aromatic carbocycles. The van der Waals surface area contributed by atoms with Crippen LogP contribution in [-0.2, 0) is 12.8 Å². The molecule has 4 nitrogen and oxygen atoms in total. The maximum atomic E-state index is 11.2. The first-order valence-corrected chi connectivity index (χ1v) is 6.60. The average Bonchev–Trinajstić information content (AvgIpc) is 2.71. The lowest BCUT2D eigenvalue weighted by Gasteiger charge is -2.13. The zero-order valence-electron chi connectivity index (χ0n) is 10.6. The maximum absolute atomic E-state index is 11.2. The number of benzene rings is 2. The molecule has 0 amide bonds. The highest BCUT2D eigenvalue weighted by Crippen LogP contribution is 2.44. The fourth-order valence-electron chi connectivity index (χ4n) is 3.05. The molecular weight excluding hydrogens is 240 g/mol. The predicted molar refractivity (Wildman–Crippen MR) is 76.1 cm³/mol. The minimum absolute atomic E-state index is 0.200. The molecule has 0 radical (unpaired) electrons. The van der Waals surface area contributed by atoms with E-state index in [-0.39, 0.29) is 11.4 Å². The van der Waals surface area contributed by atoms with Crippen molar-refractivity contribution in [2.75, 3.05) is 0 Å². The first-order chi connectivity index (χ1) is 9.36. The Labute approximate surface area is 110 Å². The van der Waals surface area contributed by atoms with E-state index in [0.717, 1.165) is 48.4 Å². The van der Waals surface area contributed by atoms with Crippen LogP contribution in [0.25, 0.3) is 10.8 Å². The minimum Gasteiger partial charge on any atom is -0.145 e. The van der Waals surface area contributed by atoms with E-state index in [2.05, 4.69) is 10.4 Å². The van der Waals surface area contributed by atoms with Crippen molar-refractivity contribution in [3.8, 4) is 0 Å².